The van der Waals surface area contributed by atoms with Crippen molar-refractivity contribution in [3.63, 3.8) is 0 Å². The van der Waals surface area contributed by atoms with Gasteiger partial charge in [0.05, 0.1) is 29.7 Å². The van der Waals surface area contributed by atoms with Crippen molar-refractivity contribution in [1.29, 1.82) is 5.26 Å². The monoisotopic (exact) mass is 422 g/mol. The van der Waals surface area contributed by atoms with Gasteiger partial charge >= 0.3 is 0 Å². The Bertz CT molecular complexity index is 1150. The van der Waals surface area contributed by atoms with Crippen molar-refractivity contribution < 1.29 is 13.9 Å². The SMILES string of the molecule is COc1ccc(-c2ccc(C3C(C#N)=C(C)NC4=C3C(=O)CC(C)(C)C4)o2)cc1Cl. The second kappa shape index (κ2) is 7.37. The maximum absolute atomic E-state index is 13.1. The highest BCUT2D eigenvalue weighted by Gasteiger charge is 2.42. The summed E-state index contributed by atoms with van der Waals surface area (Å²) in [5.74, 6) is 1.34. The fourth-order valence-corrected chi connectivity index (χ4v) is 4.61. The molecule has 0 radical (unpaired) electrons. The topological polar surface area (TPSA) is 75.3 Å². The molecule has 5 nitrogen and oxygen atoms in total. The van der Waals surface area contributed by atoms with Crippen LogP contribution in [0.1, 0.15) is 45.3 Å². The summed E-state index contributed by atoms with van der Waals surface area (Å²) in [5.41, 5.74) is 3.48. The summed E-state index contributed by atoms with van der Waals surface area (Å²) in [6.07, 6.45) is 1.20. The van der Waals surface area contributed by atoms with E-state index in [1.807, 2.05) is 25.1 Å². The summed E-state index contributed by atoms with van der Waals surface area (Å²) < 4.78 is 11.4. The molecule has 1 aliphatic heterocycles. The number of ketones is 1. The maximum Gasteiger partial charge on any atom is 0.162 e. The van der Waals surface area contributed by atoms with Gasteiger partial charge in [0.15, 0.2) is 5.78 Å². The molecular weight excluding hydrogens is 400 g/mol. The lowest BCUT2D eigenvalue weighted by atomic mass is 9.70. The van der Waals surface area contributed by atoms with Gasteiger partial charge < -0.3 is 14.5 Å². The van der Waals surface area contributed by atoms with Gasteiger partial charge in [-0.2, -0.15) is 5.26 Å². The molecule has 2 heterocycles. The minimum absolute atomic E-state index is 0.0597. The molecule has 0 saturated carbocycles. The first-order chi connectivity index (χ1) is 14.2. The third-order valence-electron chi connectivity index (χ3n) is 5.71. The van der Waals surface area contributed by atoms with E-state index in [1.54, 1.807) is 19.2 Å². The van der Waals surface area contributed by atoms with Crippen LogP contribution in [0.5, 0.6) is 5.75 Å². The van der Waals surface area contributed by atoms with E-state index in [2.05, 4.69) is 25.2 Å². The third-order valence-corrected chi connectivity index (χ3v) is 6.00. The molecule has 6 heteroatoms. The van der Waals surface area contributed by atoms with Crippen LogP contribution in [0.15, 0.2) is 57.3 Å². The first kappa shape index (κ1) is 20.3. The van der Waals surface area contributed by atoms with Crippen molar-refractivity contribution in [2.75, 3.05) is 7.11 Å². The smallest absolute Gasteiger partial charge is 0.162 e. The molecule has 0 fully saturated rings. The molecule has 1 unspecified atom stereocenters. The number of hydrogen-bond acceptors (Lipinski definition) is 5. The third kappa shape index (κ3) is 3.42. The van der Waals surface area contributed by atoms with Crippen LogP contribution in [0.2, 0.25) is 5.02 Å². The number of furan rings is 1. The van der Waals surface area contributed by atoms with Gasteiger partial charge in [-0.3, -0.25) is 4.79 Å². The summed E-state index contributed by atoms with van der Waals surface area (Å²) in [6.45, 7) is 6.04. The number of Topliss-reactive ketones (excluding diaryl/α,β-unsaturated/α-hetero) is 1. The van der Waals surface area contributed by atoms with E-state index in [4.69, 9.17) is 20.8 Å². The van der Waals surface area contributed by atoms with Crippen LogP contribution >= 0.6 is 11.6 Å². The summed E-state index contributed by atoms with van der Waals surface area (Å²) in [6, 6.07) is 11.4. The highest BCUT2D eigenvalue weighted by atomic mass is 35.5. The second-order valence-corrected chi connectivity index (χ2v) is 9.00. The molecular formula is C24H23ClN2O3. The van der Waals surface area contributed by atoms with Crippen molar-refractivity contribution in [2.45, 2.75) is 39.5 Å². The lowest BCUT2D eigenvalue weighted by Crippen LogP contribution is -2.36. The van der Waals surface area contributed by atoms with Gasteiger partial charge in [0.25, 0.3) is 0 Å². The van der Waals surface area contributed by atoms with Crippen LogP contribution in [-0.4, -0.2) is 12.9 Å². The lowest BCUT2D eigenvalue weighted by molar-refractivity contribution is -0.118. The molecule has 1 aromatic heterocycles. The van der Waals surface area contributed by atoms with Crippen LogP contribution in [0.3, 0.4) is 0 Å². The number of nitrogens with zero attached hydrogens (tertiary/aromatic N) is 1. The quantitative estimate of drug-likeness (QED) is 0.682. The Hall–Kier alpha value is -2.97. The average Bonchev–Trinajstić information content (AvgIpc) is 3.15. The minimum Gasteiger partial charge on any atom is -0.495 e. The van der Waals surface area contributed by atoms with Gasteiger partial charge in [0.1, 0.15) is 17.3 Å². The van der Waals surface area contributed by atoms with Gasteiger partial charge in [-0.25, -0.2) is 0 Å². The Kier molecular flexibility index (Phi) is 4.99. The number of carbonyl (C=O) groups is 1. The predicted molar refractivity (Wildman–Crippen MR) is 115 cm³/mol. The van der Waals surface area contributed by atoms with Gasteiger partial charge in [-0.05, 0) is 49.1 Å². The zero-order valence-corrected chi connectivity index (χ0v) is 18.2. The zero-order chi connectivity index (χ0) is 21.6. The van der Waals surface area contributed by atoms with Crippen LogP contribution in [0.4, 0.5) is 0 Å². The molecule has 1 aromatic carbocycles. The second-order valence-electron chi connectivity index (χ2n) is 8.59. The Morgan fingerprint density at radius 1 is 1.27 bits per heavy atom. The number of dihydropyridines is 1. The van der Waals surface area contributed by atoms with Crippen LogP contribution in [0, 0.1) is 16.7 Å². The van der Waals surface area contributed by atoms with Crippen molar-refractivity contribution in [1.82, 2.24) is 5.32 Å². The number of allylic oxidation sites excluding steroid dienone is 4. The summed E-state index contributed by atoms with van der Waals surface area (Å²) in [4.78, 5) is 13.1. The van der Waals surface area contributed by atoms with E-state index >= 15 is 0 Å². The molecule has 4 rings (SSSR count). The molecule has 2 aliphatic rings. The molecule has 1 N–H and O–H groups in total. The van der Waals surface area contributed by atoms with Gasteiger partial charge in [0.2, 0.25) is 0 Å². The fourth-order valence-electron chi connectivity index (χ4n) is 4.35. The van der Waals surface area contributed by atoms with E-state index in [9.17, 15) is 10.1 Å². The summed E-state index contributed by atoms with van der Waals surface area (Å²) >= 11 is 6.26. The van der Waals surface area contributed by atoms with Crippen LogP contribution in [-0.2, 0) is 4.79 Å². The maximum atomic E-state index is 13.1. The predicted octanol–water partition coefficient (Wildman–Crippen LogP) is 5.74. The number of methoxy groups -OCH3 is 1. The number of rotatable bonds is 3. The van der Waals surface area contributed by atoms with E-state index < -0.39 is 5.92 Å². The molecule has 1 atom stereocenters. The highest BCUT2D eigenvalue weighted by molar-refractivity contribution is 6.32. The lowest BCUT2D eigenvalue weighted by Gasteiger charge is -2.38. The first-order valence-corrected chi connectivity index (χ1v) is 10.2. The minimum atomic E-state index is -0.502. The Morgan fingerprint density at radius 2 is 2.03 bits per heavy atom. The van der Waals surface area contributed by atoms with Crippen molar-refractivity contribution in [2.24, 2.45) is 5.41 Å². The van der Waals surface area contributed by atoms with Gasteiger partial charge in [-0.15, -0.1) is 0 Å². The summed E-state index contributed by atoms with van der Waals surface area (Å²) in [5, 5.41) is 13.6. The summed E-state index contributed by atoms with van der Waals surface area (Å²) in [7, 11) is 1.56. The van der Waals surface area contributed by atoms with E-state index in [1.165, 1.54) is 0 Å². The van der Waals surface area contributed by atoms with Crippen molar-refractivity contribution in [3.05, 3.63) is 63.7 Å². The van der Waals surface area contributed by atoms with E-state index in [-0.39, 0.29) is 11.2 Å². The molecule has 0 saturated heterocycles. The van der Waals surface area contributed by atoms with Crippen molar-refractivity contribution in [3.8, 4) is 23.1 Å². The van der Waals surface area contributed by atoms with E-state index in [0.29, 0.717) is 39.9 Å². The normalized spacial score (nSPS) is 20.5. The fraction of sp³-hybridized carbons (Fsp3) is 0.333. The van der Waals surface area contributed by atoms with Crippen LogP contribution in [0.25, 0.3) is 11.3 Å². The number of nitriles is 1. The number of hydrogen-bond donors (Lipinski definition) is 1. The molecule has 30 heavy (non-hydrogen) atoms. The zero-order valence-electron chi connectivity index (χ0n) is 17.4. The van der Waals surface area contributed by atoms with Gasteiger partial charge in [-0.1, -0.05) is 25.4 Å². The Balaban J connectivity index is 1.79. The van der Waals surface area contributed by atoms with E-state index in [0.717, 1.165) is 23.4 Å². The molecule has 154 valence electrons. The number of carbonyl (C=O) groups excluding carboxylic acids is 1. The Labute approximate surface area is 181 Å². The van der Waals surface area contributed by atoms with Gasteiger partial charge in [0, 0.05) is 29.0 Å². The number of halogens is 1. The van der Waals surface area contributed by atoms with Crippen LogP contribution < -0.4 is 10.1 Å². The molecule has 0 bridgehead atoms. The first-order valence-electron chi connectivity index (χ1n) is 9.82. The molecule has 0 amide bonds. The number of ether oxygens (including phenoxy) is 1. The number of nitrogens with one attached hydrogen (secondary N) is 1. The molecule has 2 aromatic rings. The molecule has 0 spiro atoms. The average molecular weight is 423 g/mol. The highest BCUT2D eigenvalue weighted by Crippen LogP contribution is 2.47. The Morgan fingerprint density at radius 3 is 2.70 bits per heavy atom. The molecule has 1 aliphatic carbocycles. The largest absolute Gasteiger partial charge is 0.495 e. The van der Waals surface area contributed by atoms with Crippen molar-refractivity contribution >= 4 is 17.4 Å². The number of benzene rings is 1. The standard InChI is InChI=1S/C24H23ClN2O3/c1-13-15(12-26)22(23-17(27-13)10-24(2,3)11-18(23)28)21-8-7-19(30-21)14-5-6-20(29-4)16(25)9-14/h5-9,22,27H,10-11H2,1-4H3.